The van der Waals surface area contributed by atoms with Gasteiger partial charge in [0.05, 0.1) is 22.4 Å². The van der Waals surface area contributed by atoms with E-state index >= 15 is 0 Å². The van der Waals surface area contributed by atoms with Gasteiger partial charge in [-0.05, 0) is 29.8 Å². The highest BCUT2D eigenvalue weighted by molar-refractivity contribution is 9.10. The first-order valence-corrected chi connectivity index (χ1v) is 6.27. The lowest BCUT2D eigenvalue weighted by atomic mass is 10.3. The zero-order valence-corrected chi connectivity index (χ0v) is 11.7. The first-order chi connectivity index (χ1) is 8.04. The SMILES string of the molecule is CCn1ccn(Cc2c(Br)c(C)nn2C)c1=O. The van der Waals surface area contributed by atoms with E-state index in [9.17, 15) is 4.79 Å². The van der Waals surface area contributed by atoms with Gasteiger partial charge in [-0.25, -0.2) is 4.79 Å². The minimum Gasteiger partial charge on any atom is -0.300 e. The Morgan fingerprint density at radius 3 is 2.47 bits per heavy atom. The van der Waals surface area contributed by atoms with Gasteiger partial charge >= 0.3 is 5.69 Å². The molecule has 6 heteroatoms. The molecule has 2 aromatic rings. The van der Waals surface area contributed by atoms with Crippen LogP contribution in [0.25, 0.3) is 0 Å². The minimum absolute atomic E-state index is 0.0123. The first kappa shape index (κ1) is 12.2. The highest BCUT2D eigenvalue weighted by Crippen LogP contribution is 2.20. The summed E-state index contributed by atoms with van der Waals surface area (Å²) in [5, 5.41) is 4.31. The van der Waals surface area contributed by atoms with Crippen LogP contribution < -0.4 is 5.69 Å². The monoisotopic (exact) mass is 298 g/mol. The molecular weight excluding hydrogens is 284 g/mol. The lowest BCUT2D eigenvalue weighted by Gasteiger charge is -2.03. The smallest absolute Gasteiger partial charge is 0.300 e. The van der Waals surface area contributed by atoms with Crippen molar-refractivity contribution in [3.05, 3.63) is 38.7 Å². The number of rotatable bonds is 3. The van der Waals surface area contributed by atoms with E-state index in [0.29, 0.717) is 13.1 Å². The van der Waals surface area contributed by atoms with E-state index in [-0.39, 0.29) is 5.69 Å². The molecule has 0 saturated heterocycles. The fraction of sp³-hybridized carbons (Fsp3) is 0.455. The fourth-order valence-electron chi connectivity index (χ4n) is 1.83. The summed E-state index contributed by atoms with van der Waals surface area (Å²) in [4.78, 5) is 11.9. The third-order valence-corrected chi connectivity index (χ3v) is 3.87. The van der Waals surface area contributed by atoms with Gasteiger partial charge in [0.2, 0.25) is 0 Å². The Hall–Kier alpha value is -1.30. The number of nitrogens with zero attached hydrogens (tertiary/aromatic N) is 4. The molecule has 5 nitrogen and oxygen atoms in total. The zero-order chi connectivity index (χ0) is 12.6. The quantitative estimate of drug-likeness (QED) is 0.862. The van der Waals surface area contributed by atoms with Gasteiger partial charge < -0.3 is 0 Å². The molecule has 0 unspecified atom stereocenters. The van der Waals surface area contributed by atoms with E-state index < -0.39 is 0 Å². The topological polar surface area (TPSA) is 44.8 Å². The average molecular weight is 299 g/mol. The van der Waals surface area contributed by atoms with Crippen molar-refractivity contribution in [1.29, 1.82) is 0 Å². The molecule has 0 radical (unpaired) electrons. The third kappa shape index (κ3) is 2.09. The van der Waals surface area contributed by atoms with Gasteiger partial charge in [-0.3, -0.25) is 13.8 Å². The molecule has 0 fully saturated rings. The second kappa shape index (κ2) is 4.52. The molecule has 0 amide bonds. The van der Waals surface area contributed by atoms with Crippen molar-refractivity contribution in [3.63, 3.8) is 0 Å². The van der Waals surface area contributed by atoms with E-state index in [4.69, 9.17) is 0 Å². The lowest BCUT2D eigenvalue weighted by Crippen LogP contribution is -2.24. The molecular formula is C11H15BrN4O. The predicted molar refractivity (Wildman–Crippen MR) is 69.1 cm³/mol. The number of imidazole rings is 1. The molecule has 2 heterocycles. The van der Waals surface area contributed by atoms with Gasteiger partial charge in [-0.15, -0.1) is 0 Å². The highest BCUT2D eigenvalue weighted by Gasteiger charge is 2.12. The van der Waals surface area contributed by atoms with Crippen LogP contribution in [0.3, 0.4) is 0 Å². The number of halogens is 1. The van der Waals surface area contributed by atoms with Crippen molar-refractivity contribution in [2.24, 2.45) is 7.05 Å². The molecule has 0 aromatic carbocycles. The lowest BCUT2D eigenvalue weighted by molar-refractivity contribution is 0.625. The van der Waals surface area contributed by atoms with Crippen LogP contribution in [0, 0.1) is 6.92 Å². The largest absolute Gasteiger partial charge is 0.328 e. The third-order valence-electron chi connectivity index (χ3n) is 2.84. The molecule has 0 saturated carbocycles. The number of hydrogen-bond donors (Lipinski definition) is 0. The molecule has 0 atom stereocenters. The Morgan fingerprint density at radius 2 is 2.00 bits per heavy atom. The molecule has 0 N–H and O–H groups in total. The average Bonchev–Trinajstić information content (AvgIpc) is 2.75. The molecule has 0 spiro atoms. The van der Waals surface area contributed by atoms with Crippen molar-refractivity contribution in [2.75, 3.05) is 0 Å². The molecule has 2 rings (SSSR count). The van der Waals surface area contributed by atoms with Crippen LogP contribution >= 0.6 is 15.9 Å². The van der Waals surface area contributed by atoms with E-state index in [0.717, 1.165) is 15.9 Å². The highest BCUT2D eigenvalue weighted by atomic mass is 79.9. The zero-order valence-electron chi connectivity index (χ0n) is 10.1. The summed E-state index contributed by atoms with van der Waals surface area (Å²) in [5.74, 6) is 0. The molecule has 2 aromatic heterocycles. The summed E-state index contributed by atoms with van der Waals surface area (Å²) in [6, 6.07) is 0. The van der Waals surface area contributed by atoms with Gasteiger partial charge in [0, 0.05) is 26.0 Å². The molecule has 0 bridgehead atoms. The Morgan fingerprint density at radius 1 is 1.35 bits per heavy atom. The van der Waals surface area contributed by atoms with Gasteiger partial charge in [-0.1, -0.05) is 0 Å². The number of hydrogen-bond acceptors (Lipinski definition) is 2. The predicted octanol–water partition coefficient (Wildman–Crippen LogP) is 1.52. The summed E-state index contributed by atoms with van der Waals surface area (Å²) in [7, 11) is 1.88. The number of aromatic nitrogens is 4. The van der Waals surface area contributed by atoms with Gasteiger partial charge in [0.15, 0.2) is 0 Å². The maximum absolute atomic E-state index is 11.9. The molecule has 17 heavy (non-hydrogen) atoms. The fourth-order valence-corrected chi connectivity index (χ4v) is 2.29. The summed E-state index contributed by atoms with van der Waals surface area (Å²) < 4.78 is 6.13. The van der Waals surface area contributed by atoms with Gasteiger partial charge in [-0.2, -0.15) is 5.10 Å². The molecule has 0 aliphatic carbocycles. The maximum Gasteiger partial charge on any atom is 0.328 e. The van der Waals surface area contributed by atoms with E-state index in [1.165, 1.54) is 0 Å². The number of aryl methyl sites for hydroxylation is 3. The summed E-state index contributed by atoms with van der Waals surface area (Å²) in [5.41, 5.74) is 1.95. The maximum atomic E-state index is 11.9. The summed E-state index contributed by atoms with van der Waals surface area (Å²) >= 11 is 3.50. The normalized spacial score (nSPS) is 11.1. The molecule has 0 aliphatic rings. The van der Waals surface area contributed by atoms with E-state index in [2.05, 4.69) is 21.0 Å². The van der Waals surface area contributed by atoms with Crippen LogP contribution in [0.5, 0.6) is 0 Å². The first-order valence-electron chi connectivity index (χ1n) is 5.48. The van der Waals surface area contributed by atoms with Crippen molar-refractivity contribution in [3.8, 4) is 0 Å². The van der Waals surface area contributed by atoms with Gasteiger partial charge in [0.25, 0.3) is 0 Å². The van der Waals surface area contributed by atoms with Crippen LogP contribution in [-0.4, -0.2) is 18.9 Å². The summed E-state index contributed by atoms with van der Waals surface area (Å²) in [6.45, 7) is 5.12. The van der Waals surface area contributed by atoms with Crippen molar-refractivity contribution < 1.29 is 0 Å². The Labute approximate surface area is 108 Å². The second-order valence-electron chi connectivity index (χ2n) is 3.96. The van der Waals surface area contributed by atoms with Crippen LogP contribution in [0.4, 0.5) is 0 Å². The van der Waals surface area contributed by atoms with Gasteiger partial charge in [0.1, 0.15) is 0 Å². The van der Waals surface area contributed by atoms with Crippen LogP contribution in [-0.2, 0) is 20.1 Å². The van der Waals surface area contributed by atoms with Crippen molar-refractivity contribution in [2.45, 2.75) is 26.9 Å². The second-order valence-corrected chi connectivity index (χ2v) is 4.76. The molecule has 0 aliphatic heterocycles. The van der Waals surface area contributed by atoms with Crippen LogP contribution in [0.2, 0.25) is 0 Å². The minimum atomic E-state index is 0.0123. The van der Waals surface area contributed by atoms with E-state index in [1.54, 1.807) is 26.2 Å². The molecule has 92 valence electrons. The summed E-state index contributed by atoms with van der Waals surface area (Å²) in [6.07, 6.45) is 3.61. The Kier molecular flexibility index (Phi) is 3.24. The Balaban J connectivity index is 2.38. The van der Waals surface area contributed by atoms with Crippen molar-refractivity contribution >= 4 is 15.9 Å². The Bertz CT molecular complexity index is 593. The van der Waals surface area contributed by atoms with Crippen molar-refractivity contribution in [1.82, 2.24) is 18.9 Å². The van der Waals surface area contributed by atoms with Crippen LogP contribution in [0.1, 0.15) is 18.3 Å². The standard InChI is InChI=1S/C11H15BrN4O/c1-4-15-5-6-16(11(15)17)7-9-10(12)8(2)13-14(9)3/h5-6H,4,7H2,1-3H3. The van der Waals surface area contributed by atoms with Crippen LogP contribution in [0.15, 0.2) is 21.7 Å². The van der Waals surface area contributed by atoms with E-state index in [1.807, 2.05) is 20.9 Å².